The van der Waals surface area contributed by atoms with Gasteiger partial charge in [-0.05, 0) is 214 Å². The Balaban J connectivity index is 0.000000131. The van der Waals surface area contributed by atoms with E-state index < -0.39 is 17.7 Å². The second-order valence-electron chi connectivity index (χ2n) is 43.0. The Kier molecular flexibility index (Phi) is 23.3. The van der Waals surface area contributed by atoms with Crippen molar-refractivity contribution >= 4 is 88.3 Å². The van der Waals surface area contributed by atoms with Crippen LogP contribution in [0.4, 0.5) is 0 Å². The Labute approximate surface area is 741 Å². The maximum atomic E-state index is 8.86. The van der Waals surface area contributed by atoms with Gasteiger partial charge >= 0.3 is 0 Å². The molecule has 12 nitrogen and oxygen atoms in total. The van der Waals surface area contributed by atoms with Gasteiger partial charge in [-0.1, -0.05) is 199 Å². The summed E-state index contributed by atoms with van der Waals surface area (Å²) in [4.78, 5) is 19.5. The molecule has 12 aromatic heterocycles. The van der Waals surface area contributed by atoms with Crippen LogP contribution < -0.4 is 18.3 Å². The van der Waals surface area contributed by atoms with Crippen LogP contribution in [-0.2, 0) is 65.7 Å². The first-order chi connectivity index (χ1) is 59.5. The van der Waals surface area contributed by atoms with Gasteiger partial charge in [0.25, 0.3) is 0 Å². The average molecular weight is 1660 g/mol. The molecule has 4 aromatic carbocycles. The molecule has 12 heterocycles. The standard InChI is InChI=1S/C29H35N2O.C28H33N2O.C28H35N2O.C27H33N2O/c1-19-10-12-22-23-13-14-24(21-8-6-7-9-21)30-28(23)32-27(22)26(19)25-15-11-20(18-31(25)5)16-17-29(2,3)4;1-18-10-12-21-22-13-14-23(20-8-6-7-9-20)29-27(22)31-26(21)25(18)24-15-11-19(17-30(24)5)16-28(2,3)4;1-18-9-12-21-22-13-11-20(16-28(5,6)7)29-26(22)31-25(21)24(18)23-14-10-19(17-30(23)8)15-27(2,3)4;1-17-9-11-19-20-12-14-22(27(5,6)7)28-25(20)30-24(19)23(17)21-13-10-18(16-29(21)8)15-26(2,3)4/h10-15,18,21H,6-9,16-17H2,1-5H3;10-15,17,20H,6-9,16H2,1-5H3;9-14,17H,15-16H2,1-8H3;9-14,16H,15H2,1-8H3/q4*+1/i17D2,21D;;;. The predicted molar refractivity (Wildman–Crippen MR) is 513 cm³/mol. The Morgan fingerprint density at radius 1 is 0.323 bits per heavy atom. The number of aromatic nitrogens is 8. The van der Waals surface area contributed by atoms with Crippen LogP contribution in [0.25, 0.3) is 133 Å². The first-order valence-electron chi connectivity index (χ1n) is 46.8. The summed E-state index contributed by atoms with van der Waals surface area (Å²) in [5.41, 5.74) is 29.9. The minimum Gasteiger partial charge on any atom is -0.437 e. The molecule has 0 spiro atoms. The van der Waals surface area contributed by atoms with Crippen molar-refractivity contribution in [1.82, 2.24) is 19.9 Å². The first kappa shape index (κ1) is 84.1. The summed E-state index contributed by atoms with van der Waals surface area (Å²) in [5, 5.41) is 8.68. The Morgan fingerprint density at radius 3 is 0.984 bits per heavy atom. The highest BCUT2D eigenvalue weighted by Gasteiger charge is 2.31. The Morgan fingerprint density at radius 2 is 0.629 bits per heavy atom. The van der Waals surface area contributed by atoms with Gasteiger partial charge in [-0.2, -0.15) is 0 Å². The number of hydrogen-bond acceptors (Lipinski definition) is 8. The molecule has 124 heavy (non-hydrogen) atoms. The van der Waals surface area contributed by atoms with Crippen molar-refractivity contribution in [2.24, 2.45) is 55.3 Å². The number of rotatable bonds is 12. The van der Waals surface area contributed by atoms with Gasteiger partial charge in [0.1, 0.15) is 28.2 Å². The summed E-state index contributed by atoms with van der Waals surface area (Å²) in [6, 6.07) is 52.0. The molecule has 0 N–H and O–H groups in total. The number of pyridine rings is 8. The van der Waals surface area contributed by atoms with Crippen LogP contribution in [0.5, 0.6) is 0 Å². The summed E-state index contributed by atoms with van der Waals surface area (Å²) in [6.45, 7) is 48.2. The smallest absolute Gasteiger partial charge is 0.227 e. The van der Waals surface area contributed by atoms with Crippen molar-refractivity contribution in [3.05, 3.63) is 238 Å². The maximum Gasteiger partial charge on any atom is 0.227 e. The lowest BCUT2D eigenvalue weighted by Gasteiger charge is -2.17. The fourth-order valence-electron chi connectivity index (χ4n) is 18.7. The molecule has 0 bridgehead atoms. The van der Waals surface area contributed by atoms with Crippen molar-refractivity contribution in [3.63, 3.8) is 0 Å². The molecule has 0 atom stereocenters. The average Bonchev–Trinajstić information content (AvgIpc) is 1.62. The van der Waals surface area contributed by atoms with Gasteiger partial charge in [-0.25, -0.2) is 38.2 Å². The van der Waals surface area contributed by atoms with Crippen LogP contribution in [0.2, 0.25) is 0 Å². The number of furan rings is 4. The number of fused-ring (bicyclic) bond motifs is 12. The highest BCUT2D eigenvalue weighted by Crippen LogP contribution is 2.45. The molecule has 2 aliphatic carbocycles. The molecule has 2 saturated carbocycles. The monoisotopic (exact) mass is 1660 g/mol. The molecule has 2 aliphatic rings. The zero-order valence-electron chi connectivity index (χ0n) is 82.1. The highest BCUT2D eigenvalue weighted by molar-refractivity contribution is 6.12. The van der Waals surface area contributed by atoms with E-state index in [1.54, 1.807) is 0 Å². The zero-order valence-corrected chi connectivity index (χ0v) is 79.1. The normalized spacial score (nSPS) is 14.8. The predicted octanol–water partition coefficient (Wildman–Crippen LogP) is 28.1. The summed E-state index contributed by atoms with van der Waals surface area (Å²) >= 11 is 0. The molecule has 0 radical (unpaired) electrons. The van der Waals surface area contributed by atoms with Crippen LogP contribution in [0, 0.1) is 54.8 Å². The van der Waals surface area contributed by atoms with E-state index in [1.807, 2.05) is 46.1 Å². The fraction of sp³-hybridized carbons (Fsp3) is 0.429. The molecule has 12 heteroatoms. The first-order valence-corrected chi connectivity index (χ1v) is 45.3. The Bertz CT molecular complexity index is 6860. The summed E-state index contributed by atoms with van der Waals surface area (Å²) in [6.07, 6.45) is 20.9. The number of aryl methyl sites for hydroxylation is 9. The van der Waals surface area contributed by atoms with Crippen molar-refractivity contribution in [3.8, 4) is 45.0 Å². The van der Waals surface area contributed by atoms with E-state index in [0.29, 0.717) is 18.1 Å². The summed E-state index contributed by atoms with van der Waals surface area (Å²) in [7, 11) is 8.39. The van der Waals surface area contributed by atoms with Crippen LogP contribution in [-0.4, -0.2) is 19.9 Å². The van der Waals surface area contributed by atoms with Crippen LogP contribution in [0.1, 0.15) is 266 Å². The minimum absolute atomic E-state index is 0.0127. The zero-order chi connectivity index (χ0) is 91.3. The number of hydrogen-bond donors (Lipinski definition) is 0. The van der Waals surface area contributed by atoms with Crippen molar-refractivity contribution < 1.29 is 40.0 Å². The molecule has 2 fully saturated rings. The maximum absolute atomic E-state index is 8.86. The van der Waals surface area contributed by atoms with Gasteiger partial charge in [-0.15, -0.1) is 0 Å². The molecule has 0 unspecified atom stereocenters. The van der Waals surface area contributed by atoms with Gasteiger partial charge in [0.2, 0.25) is 45.6 Å². The number of nitrogens with zero attached hydrogens (tertiary/aromatic N) is 8. The van der Waals surface area contributed by atoms with E-state index in [9.17, 15) is 0 Å². The van der Waals surface area contributed by atoms with E-state index in [0.717, 1.165) is 196 Å². The van der Waals surface area contributed by atoms with Gasteiger partial charge in [0.15, 0.2) is 47.1 Å². The van der Waals surface area contributed by atoms with E-state index >= 15 is 0 Å². The van der Waals surface area contributed by atoms with Crippen LogP contribution in [0.3, 0.4) is 0 Å². The molecule has 16 aromatic rings. The number of benzene rings is 4. The topological polar surface area (TPSA) is 120 Å². The quantitative estimate of drug-likeness (QED) is 0.111. The SMILES string of the molecule is Cc1ccc2c(oc3nc(C(C)(C)C)ccc32)c1-c1ccc(CC(C)(C)C)c[n+]1C.Cc1ccc2c(oc3nc(C4CCCC4)ccc32)c1-c1ccc(CC(C)(C)C)c[n+]1C.Cc1ccc2c(oc3nc(CC(C)(C)C)ccc32)c1-c1ccc(CC(C)(C)C)c[n+]1C.[2H]C1(c2ccc3c(n2)oc2c(-c4ccc(CC([2H])([2H])C(C)(C)C)c[n+]4C)c(C)ccc23)CCCC1. The molecule has 18 rings (SSSR count). The second-order valence-corrected chi connectivity index (χ2v) is 43.0. The van der Waals surface area contributed by atoms with Crippen LogP contribution in [0.15, 0.2) is 188 Å². The third kappa shape index (κ3) is 19.5. The van der Waals surface area contributed by atoms with E-state index in [4.69, 9.17) is 41.7 Å². The second kappa shape index (κ2) is 34.3. The van der Waals surface area contributed by atoms with E-state index in [1.165, 1.54) is 76.0 Å². The van der Waals surface area contributed by atoms with E-state index in [2.05, 4.69) is 323 Å². The van der Waals surface area contributed by atoms with Gasteiger partial charge < -0.3 is 17.7 Å². The van der Waals surface area contributed by atoms with Gasteiger partial charge in [-0.3, -0.25) is 0 Å². The Hall–Kier alpha value is -10.7. The minimum atomic E-state index is -1.31. The van der Waals surface area contributed by atoms with Crippen molar-refractivity contribution in [2.75, 3.05) is 0 Å². The lowest BCUT2D eigenvalue weighted by molar-refractivity contribution is -0.660. The van der Waals surface area contributed by atoms with Gasteiger partial charge in [0.05, 0.1) is 22.3 Å². The lowest BCUT2D eigenvalue weighted by Crippen LogP contribution is -2.32. The molecule has 0 aliphatic heterocycles. The highest BCUT2D eigenvalue weighted by atomic mass is 16.4. The lowest BCUT2D eigenvalue weighted by atomic mass is 9.88. The summed E-state index contributed by atoms with van der Waals surface area (Å²) in [5.74, 6) is -0.0152. The molecule has 0 saturated heterocycles. The molecule has 644 valence electrons. The molecule has 0 amide bonds. The van der Waals surface area contributed by atoms with Crippen molar-refractivity contribution in [2.45, 2.75) is 259 Å². The molecular weight excluding hydrogens is 1520 g/mol. The third-order valence-electron chi connectivity index (χ3n) is 24.6. The van der Waals surface area contributed by atoms with E-state index in [-0.39, 0.29) is 27.1 Å². The largest absolute Gasteiger partial charge is 0.437 e. The van der Waals surface area contributed by atoms with Crippen molar-refractivity contribution in [1.29, 1.82) is 0 Å². The van der Waals surface area contributed by atoms with Gasteiger partial charge in [0, 0.05) is 134 Å². The fourth-order valence-corrected chi connectivity index (χ4v) is 18.7. The third-order valence-corrected chi connectivity index (χ3v) is 24.6. The molecular formula is C112H136N8O4+4. The van der Waals surface area contributed by atoms with Crippen LogP contribution >= 0.6 is 0 Å². The summed E-state index contributed by atoms with van der Waals surface area (Å²) < 4.78 is 60.3.